The summed E-state index contributed by atoms with van der Waals surface area (Å²) in [6, 6.07) is 0.127. The molecule has 1 atom stereocenters. The van der Waals surface area contributed by atoms with Crippen LogP contribution in [0.15, 0.2) is 12.4 Å². The van der Waals surface area contributed by atoms with Crippen molar-refractivity contribution >= 4 is 11.8 Å². The molecule has 2 fully saturated rings. The molecule has 1 unspecified atom stereocenters. The largest absolute Gasteiger partial charge is 0.471 e. The molecule has 2 aliphatic heterocycles. The number of carbonyl (C=O) groups excluding carboxylic acids is 1. The Bertz CT molecular complexity index is 573. The molecule has 132 valence electrons. The van der Waals surface area contributed by atoms with Crippen molar-refractivity contribution in [3.63, 3.8) is 0 Å². The first-order chi connectivity index (χ1) is 11.5. The van der Waals surface area contributed by atoms with Gasteiger partial charge in [0.05, 0.1) is 18.9 Å². The Morgan fingerprint density at radius 1 is 1.17 bits per heavy atom. The zero-order valence-electron chi connectivity index (χ0n) is 14.7. The third-order valence-electron chi connectivity index (χ3n) is 4.53. The molecule has 0 N–H and O–H groups in total. The summed E-state index contributed by atoms with van der Waals surface area (Å²) >= 11 is 0. The molecule has 2 saturated heterocycles. The molecule has 0 aromatic carbocycles. The minimum atomic E-state index is -0.0203. The monoisotopic (exact) mass is 334 g/mol. The van der Waals surface area contributed by atoms with Gasteiger partial charge >= 0.3 is 6.03 Å². The standard InChI is InChI=1S/C16H26N6O2/c1-19(2)14-10-17-11-15(18-14)24-13-4-5-22(12-13)16(23)21-8-6-20(3)7-9-21/h10-11,13H,4-9,12H2,1-3H3. The number of hydrogen-bond acceptors (Lipinski definition) is 6. The molecule has 1 aromatic heterocycles. The summed E-state index contributed by atoms with van der Waals surface area (Å²) in [5, 5.41) is 0. The van der Waals surface area contributed by atoms with E-state index < -0.39 is 0 Å². The van der Waals surface area contributed by atoms with Crippen LogP contribution in [0.1, 0.15) is 6.42 Å². The molecule has 2 aliphatic rings. The second kappa shape index (κ2) is 7.21. The Morgan fingerprint density at radius 2 is 1.92 bits per heavy atom. The third-order valence-corrected chi connectivity index (χ3v) is 4.53. The molecule has 0 radical (unpaired) electrons. The molecular weight excluding hydrogens is 308 g/mol. The fourth-order valence-corrected chi connectivity index (χ4v) is 2.98. The van der Waals surface area contributed by atoms with Gasteiger partial charge < -0.3 is 24.3 Å². The van der Waals surface area contributed by atoms with Crippen LogP contribution in [0.5, 0.6) is 5.88 Å². The van der Waals surface area contributed by atoms with E-state index in [2.05, 4.69) is 21.9 Å². The smallest absolute Gasteiger partial charge is 0.320 e. The topological polar surface area (TPSA) is 65.0 Å². The lowest BCUT2D eigenvalue weighted by atomic mass is 10.3. The van der Waals surface area contributed by atoms with Crippen LogP contribution in [0.3, 0.4) is 0 Å². The molecule has 24 heavy (non-hydrogen) atoms. The Morgan fingerprint density at radius 3 is 2.62 bits per heavy atom. The number of likely N-dealkylation sites (N-methyl/N-ethyl adjacent to an activating group) is 1. The van der Waals surface area contributed by atoms with Gasteiger partial charge in [0.25, 0.3) is 0 Å². The maximum atomic E-state index is 12.6. The fraction of sp³-hybridized carbons (Fsp3) is 0.688. The molecule has 3 rings (SSSR count). The molecule has 3 heterocycles. The summed E-state index contributed by atoms with van der Waals surface area (Å²) in [5.74, 6) is 1.27. The number of anilines is 1. The van der Waals surface area contributed by atoms with Crippen molar-refractivity contribution in [2.75, 3.05) is 65.3 Å². The first-order valence-corrected chi connectivity index (χ1v) is 8.41. The van der Waals surface area contributed by atoms with Gasteiger partial charge in [-0.15, -0.1) is 0 Å². The van der Waals surface area contributed by atoms with Gasteiger partial charge in [0, 0.05) is 53.2 Å². The highest BCUT2D eigenvalue weighted by Gasteiger charge is 2.31. The quantitative estimate of drug-likeness (QED) is 0.795. The highest BCUT2D eigenvalue weighted by atomic mass is 16.5. The number of aromatic nitrogens is 2. The van der Waals surface area contributed by atoms with Gasteiger partial charge in [0.15, 0.2) is 5.82 Å². The summed E-state index contributed by atoms with van der Waals surface area (Å²) in [5.41, 5.74) is 0. The summed E-state index contributed by atoms with van der Waals surface area (Å²) in [6.45, 7) is 4.82. The van der Waals surface area contributed by atoms with Crippen LogP contribution in [0.4, 0.5) is 10.6 Å². The molecule has 0 bridgehead atoms. The van der Waals surface area contributed by atoms with E-state index in [-0.39, 0.29) is 12.1 Å². The maximum absolute atomic E-state index is 12.6. The average Bonchev–Trinajstić information content (AvgIpc) is 3.03. The van der Waals surface area contributed by atoms with E-state index >= 15 is 0 Å². The van der Waals surface area contributed by atoms with Crippen LogP contribution in [0.2, 0.25) is 0 Å². The number of amides is 2. The molecular formula is C16H26N6O2. The van der Waals surface area contributed by atoms with E-state index in [4.69, 9.17) is 4.74 Å². The number of rotatable bonds is 3. The average molecular weight is 334 g/mol. The second-order valence-corrected chi connectivity index (χ2v) is 6.66. The highest BCUT2D eigenvalue weighted by Crippen LogP contribution is 2.19. The van der Waals surface area contributed by atoms with Crippen LogP contribution in [0.25, 0.3) is 0 Å². The van der Waals surface area contributed by atoms with E-state index in [0.29, 0.717) is 12.4 Å². The first kappa shape index (κ1) is 16.8. The summed E-state index contributed by atoms with van der Waals surface area (Å²) < 4.78 is 5.93. The van der Waals surface area contributed by atoms with Gasteiger partial charge in [-0.3, -0.25) is 4.98 Å². The van der Waals surface area contributed by atoms with Gasteiger partial charge in [-0.1, -0.05) is 0 Å². The number of hydrogen-bond donors (Lipinski definition) is 0. The van der Waals surface area contributed by atoms with E-state index in [0.717, 1.165) is 45.0 Å². The van der Waals surface area contributed by atoms with E-state index in [1.54, 1.807) is 12.4 Å². The van der Waals surface area contributed by atoms with Crippen LogP contribution in [-0.2, 0) is 0 Å². The summed E-state index contributed by atoms with van der Waals surface area (Å²) in [6.07, 6.45) is 4.13. The Labute approximate surface area is 143 Å². The molecule has 0 saturated carbocycles. The zero-order valence-corrected chi connectivity index (χ0v) is 14.7. The van der Waals surface area contributed by atoms with Gasteiger partial charge in [-0.2, -0.15) is 4.98 Å². The van der Waals surface area contributed by atoms with Gasteiger partial charge in [0.1, 0.15) is 6.10 Å². The fourth-order valence-electron chi connectivity index (χ4n) is 2.98. The number of carbonyl (C=O) groups is 1. The van der Waals surface area contributed by atoms with E-state index in [1.807, 2.05) is 28.8 Å². The van der Waals surface area contributed by atoms with Gasteiger partial charge in [-0.05, 0) is 7.05 Å². The minimum absolute atomic E-state index is 0.0203. The van der Waals surface area contributed by atoms with Crippen molar-refractivity contribution in [2.24, 2.45) is 0 Å². The maximum Gasteiger partial charge on any atom is 0.320 e. The Kier molecular flexibility index (Phi) is 5.03. The molecule has 0 aliphatic carbocycles. The Hall–Kier alpha value is -2.09. The predicted octanol–water partition coefficient (Wildman–Crippen LogP) is 0.363. The van der Waals surface area contributed by atoms with Crippen LogP contribution < -0.4 is 9.64 Å². The summed E-state index contributed by atoms with van der Waals surface area (Å²) in [4.78, 5) is 29.1. The highest BCUT2D eigenvalue weighted by molar-refractivity contribution is 5.75. The van der Waals surface area contributed by atoms with Gasteiger partial charge in [0.2, 0.25) is 5.88 Å². The van der Waals surface area contributed by atoms with Crippen LogP contribution in [-0.4, -0.2) is 97.2 Å². The number of piperazine rings is 1. The number of urea groups is 1. The number of ether oxygens (including phenoxy) is 1. The molecule has 8 heteroatoms. The molecule has 8 nitrogen and oxygen atoms in total. The van der Waals surface area contributed by atoms with Crippen molar-refractivity contribution in [1.29, 1.82) is 0 Å². The van der Waals surface area contributed by atoms with Crippen LogP contribution in [0, 0.1) is 0 Å². The lowest BCUT2D eigenvalue weighted by Crippen LogP contribution is -2.51. The number of nitrogens with zero attached hydrogens (tertiary/aromatic N) is 6. The SMILES string of the molecule is CN1CCN(C(=O)N2CCC(Oc3cncc(N(C)C)n3)C2)CC1. The third kappa shape index (κ3) is 3.87. The van der Waals surface area contributed by atoms with Crippen molar-refractivity contribution in [1.82, 2.24) is 24.7 Å². The predicted molar refractivity (Wildman–Crippen MR) is 91.4 cm³/mol. The minimum Gasteiger partial charge on any atom is -0.471 e. The van der Waals surface area contributed by atoms with Crippen molar-refractivity contribution in [3.05, 3.63) is 12.4 Å². The Balaban J connectivity index is 1.53. The lowest BCUT2D eigenvalue weighted by Gasteiger charge is -2.34. The lowest BCUT2D eigenvalue weighted by molar-refractivity contribution is 0.123. The normalized spacial score (nSPS) is 21.9. The van der Waals surface area contributed by atoms with E-state index in [1.165, 1.54) is 0 Å². The zero-order chi connectivity index (χ0) is 17.1. The molecule has 2 amide bonds. The molecule has 1 aromatic rings. The van der Waals surface area contributed by atoms with Gasteiger partial charge in [-0.25, -0.2) is 4.79 Å². The van der Waals surface area contributed by atoms with Crippen molar-refractivity contribution < 1.29 is 9.53 Å². The number of likely N-dealkylation sites (tertiary alicyclic amines) is 1. The molecule has 0 spiro atoms. The summed E-state index contributed by atoms with van der Waals surface area (Å²) in [7, 11) is 5.92. The first-order valence-electron chi connectivity index (χ1n) is 8.41. The second-order valence-electron chi connectivity index (χ2n) is 6.66. The van der Waals surface area contributed by atoms with E-state index in [9.17, 15) is 4.79 Å². The van der Waals surface area contributed by atoms with Crippen molar-refractivity contribution in [2.45, 2.75) is 12.5 Å². The van der Waals surface area contributed by atoms with Crippen molar-refractivity contribution in [3.8, 4) is 5.88 Å². The van der Waals surface area contributed by atoms with Crippen LogP contribution >= 0.6 is 0 Å².